The molecule has 0 saturated heterocycles. The van der Waals surface area contributed by atoms with E-state index in [1.54, 1.807) is 24.3 Å². The van der Waals surface area contributed by atoms with Gasteiger partial charge in [-0.2, -0.15) is 0 Å². The Morgan fingerprint density at radius 3 is 2.47 bits per heavy atom. The first-order chi connectivity index (χ1) is 8.10. The summed E-state index contributed by atoms with van der Waals surface area (Å²) in [5.74, 6) is 2.46. The molecule has 17 heavy (non-hydrogen) atoms. The Kier molecular flexibility index (Phi) is 5.16. The highest BCUT2D eigenvalue weighted by Crippen LogP contribution is 2.10. The largest absolute Gasteiger partial charge is 0.326 e. The van der Waals surface area contributed by atoms with Gasteiger partial charge in [0.25, 0.3) is 0 Å². The topological polar surface area (TPSA) is 72.2 Å². The van der Waals surface area contributed by atoms with E-state index in [0.29, 0.717) is 25.9 Å². The second kappa shape index (κ2) is 6.40. The van der Waals surface area contributed by atoms with E-state index in [0.717, 1.165) is 5.56 Å². The van der Waals surface area contributed by atoms with E-state index in [9.17, 15) is 8.42 Å². The molecule has 0 aliphatic carbocycles. The number of nitrogens with one attached hydrogen (secondary N) is 1. The van der Waals surface area contributed by atoms with Crippen molar-refractivity contribution in [3.8, 4) is 12.3 Å². The van der Waals surface area contributed by atoms with Crippen LogP contribution in [0.25, 0.3) is 0 Å². The van der Waals surface area contributed by atoms with Gasteiger partial charge in [-0.15, -0.1) is 12.3 Å². The van der Waals surface area contributed by atoms with Crippen LogP contribution < -0.4 is 10.5 Å². The van der Waals surface area contributed by atoms with Crippen LogP contribution in [0.15, 0.2) is 29.2 Å². The van der Waals surface area contributed by atoms with Gasteiger partial charge in [0.2, 0.25) is 10.0 Å². The first-order valence-corrected chi connectivity index (χ1v) is 6.80. The predicted octanol–water partition coefficient (Wildman–Crippen LogP) is 0.837. The molecule has 92 valence electrons. The average molecular weight is 252 g/mol. The number of terminal acetylenes is 1. The lowest BCUT2D eigenvalue weighted by Gasteiger charge is -2.06. The molecule has 0 aliphatic heterocycles. The van der Waals surface area contributed by atoms with Gasteiger partial charge in [-0.05, 0) is 24.1 Å². The minimum absolute atomic E-state index is 0.246. The minimum atomic E-state index is -3.43. The molecule has 4 nitrogen and oxygen atoms in total. The van der Waals surface area contributed by atoms with E-state index in [1.165, 1.54) is 0 Å². The number of rotatable bonds is 6. The summed E-state index contributed by atoms with van der Waals surface area (Å²) in [6.07, 6.45) is 6.28. The average Bonchev–Trinajstić information content (AvgIpc) is 2.35. The van der Waals surface area contributed by atoms with Crippen molar-refractivity contribution < 1.29 is 8.42 Å². The second-order valence-electron chi connectivity index (χ2n) is 3.55. The molecule has 0 amide bonds. The number of hydrogen-bond acceptors (Lipinski definition) is 3. The van der Waals surface area contributed by atoms with E-state index in [2.05, 4.69) is 10.6 Å². The van der Waals surface area contributed by atoms with Crippen molar-refractivity contribution in [1.82, 2.24) is 4.72 Å². The highest BCUT2D eigenvalue weighted by molar-refractivity contribution is 7.89. The van der Waals surface area contributed by atoms with Crippen LogP contribution in [-0.2, 0) is 16.6 Å². The quantitative estimate of drug-likeness (QED) is 0.582. The van der Waals surface area contributed by atoms with Crippen molar-refractivity contribution in [3.05, 3.63) is 29.8 Å². The molecule has 5 heteroatoms. The fourth-order valence-corrected chi connectivity index (χ4v) is 2.36. The Bertz CT molecular complexity index is 486. The van der Waals surface area contributed by atoms with Crippen LogP contribution in [0, 0.1) is 12.3 Å². The van der Waals surface area contributed by atoms with Gasteiger partial charge >= 0.3 is 0 Å². The lowest BCUT2D eigenvalue weighted by atomic mass is 10.2. The van der Waals surface area contributed by atoms with Crippen LogP contribution in [0.2, 0.25) is 0 Å². The first kappa shape index (κ1) is 13.7. The fraction of sp³-hybridized carbons (Fsp3) is 0.333. The predicted molar refractivity (Wildman–Crippen MR) is 67.6 cm³/mol. The number of unbranched alkanes of at least 4 members (excludes halogenated alkanes) is 1. The summed E-state index contributed by atoms with van der Waals surface area (Å²) in [5.41, 5.74) is 6.34. The minimum Gasteiger partial charge on any atom is -0.326 e. The van der Waals surface area contributed by atoms with Crippen LogP contribution in [0.4, 0.5) is 0 Å². The van der Waals surface area contributed by atoms with E-state index < -0.39 is 10.0 Å². The van der Waals surface area contributed by atoms with Gasteiger partial charge in [-0.1, -0.05) is 12.1 Å². The molecule has 0 radical (unpaired) electrons. The number of sulfonamides is 1. The summed E-state index contributed by atoms with van der Waals surface area (Å²) in [6, 6.07) is 6.50. The molecule has 1 rings (SSSR count). The van der Waals surface area contributed by atoms with Gasteiger partial charge in [-0.3, -0.25) is 0 Å². The van der Waals surface area contributed by atoms with Crippen LogP contribution in [-0.4, -0.2) is 15.0 Å². The molecule has 0 unspecified atom stereocenters. The van der Waals surface area contributed by atoms with Crippen molar-refractivity contribution in [3.63, 3.8) is 0 Å². The number of benzene rings is 1. The third-order valence-corrected chi connectivity index (χ3v) is 3.74. The van der Waals surface area contributed by atoms with Crippen LogP contribution in [0.5, 0.6) is 0 Å². The summed E-state index contributed by atoms with van der Waals surface area (Å²) >= 11 is 0. The Hall–Kier alpha value is -1.35. The van der Waals surface area contributed by atoms with Gasteiger partial charge in [0.1, 0.15) is 0 Å². The van der Waals surface area contributed by atoms with Crippen molar-refractivity contribution in [2.24, 2.45) is 5.73 Å². The van der Waals surface area contributed by atoms with Gasteiger partial charge in [0.05, 0.1) is 4.90 Å². The van der Waals surface area contributed by atoms with Crippen molar-refractivity contribution in [2.75, 3.05) is 6.54 Å². The summed E-state index contributed by atoms with van der Waals surface area (Å²) in [7, 11) is -3.43. The highest BCUT2D eigenvalue weighted by atomic mass is 32.2. The number of hydrogen-bond donors (Lipinski definition) is 2. The van der Waals surface area contributed by atoms with Gasteiger partial charge in [0.15, 0.2) is 0 Å². The molecule has 1 aromatic rings. The van der Waals surface area contributed by atoms with Crippen molar-refractivity contribution >= 4 is 10.0 Å². The van der Waals surface area contributed by atoms with Crippen molar-refractivity contribution in [2.45, 2.75) is 24.3 Å². The lowest BCUT2D eigenvalue weighted by Crippen LogP contribution is -2.24. The molecule has 0 aromatic heterocycles. The van der Waals surface area contributed by atoms with Crippen LogP contribution in [0.1, 0.15) is 18.4 Å². The molecule has 1 aromatic carbocycles. The molecule has 0 saturated carbocycles. The molecular weight excluding hydrogens is 236 g/mol. The van der Waals surface area contributed by atoms with E-state index in [4.69, 9.17) is 12.2 Å². The Morgan fingerprint density at radius 1 is 1.29 bits per heavy atom. The summed E-state index contributed by atoms with van der Waals surface area (Å²) in [5, 5.41) is 0. The summed E-state index contributed by atoms with van der Waals surface area (Å²) < 4.78 is 26.1. The second-order valence-corrected chi connectivity index (χ2v) is 5.32. The van der Waals surface area contributed by atoms with E-state index in [1.807, 2.05) is 0 Å². The lowest BCUT2D eigenvalue weighted by molar-refractivity contribution is 0.579. The zero-order valence-electron chi connectivity index (χ0n) is 9.52. The van der Waals surface area contributed by atoms with Crippen LogP contribution >= 0.6 is 0 Å². The maximum absolute atomic E-state index is 11.8. The third-order valence-electron chi connectivity index (χ3n) is 2.26. The Morgan fingerprint density at radius 2 is 1.94 bits per heavy atom. The van der Waals surface area contributed by atoms with E-state index in [-0.39, 0.29) is 4.90 Å². The molecule has 0 bridgehead atoms. The zero-order chi connectivity index (χ0) is 12.7. The highest BCUT2D eigenvalue weighted by Gasteiger charge is 2.12. The molecule has 0 spiro atoms. The molecule has 0 fully saturated rings. The molecule has 0 atom stereocenters. The maximum Gasteiger partial charge on any atom is 0.240 e. The Balaban J connectivity index is 2.66. The molecule has 3 N–H and O–H groups in total. The maximum atomic E-state index is 11.8. The van der Waals surface area contributed by atoms with Gasteiger partial charge in [-0.25, -0.2) is 13.1 Å². The summed E-state index contributed by atoms with van der Waals surface area (Å²) in [4.78, 5) is 0.246. The zero-order valence-corrected chi connectivity index (χ0v) is 10.3. The van der Waals surface area contributed by atoms with Crippen molar-refractivity contribution in [1.29, 1.82) is 0 Å². The fourth-order valence-electron chi connectivity index (χ4n) is 1.29. The SMILES string of the molecule is C#CCCCNS(=O)(=O)c1ccc(CN)cc1. The molecule has 0 aliphatic rings. The van der Waals surface area contributed by atoms with E-state index >= 15 is 0 Å². The van der Waals surface area contributed by atoms with Gasteiger partial charge in [0, 0.05) is 19.5 Å². The molecular formula is C12H16N2O2S. The standard InChI is InChI=1S/C12H16N2O2S/c1-2-3-4-9-14-17(15,16)12-7-5-11(10-13)6-8-12/h1,5-8,14H,3-4,9-10,13H2. The number of nitrogens with two attached hydrogens (primary N) is 1. The third kappa shape index (κ3) is 4.19. The summed E-state index contributed by atoms with van der Waals surface area (Å²) in [6.45, 7) is 0.751. The Labute approximate surface area is 102 Å². The van der Waals surface area contributed by atoms with Crippen LogP contribution in [0.3, 0.4) is 0 Å². The van der Waals surface area contributed by atoms with Gasteiger partial charge < -0.3 is 5.73 Å². The normalized spacial score (nSPS) is 11.1. The smallest absolute Gasteiger partial charge is 0.240 e. The first-order valence-electron chi connectivity index (χ1n) is 5.32. The monoisotopic (exact) mass is 252 g/mol. The molecule has 0 heterocycles.